The first-order chi connectivity index (χ1) is 12.6. The minimum absolute atomic E-state index is 0.305. The van der Waals surface area contributed by atoms with Gasteiger partial charge < -0.3 is 0 Å². The summed E-state index contributed by atoms with van der Waals surface area (Å²) in [6.07, 6.45) is 15.9. The van der Waals surface area contributed by atoms with Crippen LogP contribution in [0.4, 0.5) is 0 Å². The predicted molar refractivity (Wildman–Crippen MR) is 102 cm³/mol. The van der Waals surface area contributed by atoms with Crippen LogP contribution in [0.15, 0.2) is 0 Å². The van der Waals surface area contributed by atoms with Gasteiger partial charge in [0.1, 0.15) is 0 Å². The Morgan fingerprint density at radius 3 is 1.31 bits per heavy atom. The molecule has 150 valence electrons. The second-order valence-corrected chi connectivity index (χ2v) is 8.63. The Hall–Kier alpha value is -1.06. The third kappa shape index (κ3) is 5.23. The molecule has 26 heavy (non-hydrogen) atoms. The topological polar surface area (TPSA) is 52.6 Å². The lowest BCUT2D eigenvalue weighted by Gasteiger charge is -2.36. The highest BCUT2D eigenvalue weighted by atomic mass is 17.2. The highest BCUT2D eigenvalue weighted by Crippen LogP contribution is 2.44. The molecule has 0 N–H and O–H groups in total. The van der Waals surface area contributed by atoms with Crippen molar-refractivity contribution in [3.8, 4) is 0 Å². The normalized spacial score (nSPS) is 21.8. The fraction of sp³-hybridized carbons (Fsp3) is 0.909. The molecular weight excluding hydrogens is 328 g/mol. The fourth-order valence-corrected chi connectivity index (χ4v) is 4.85. The number of hydrogen-bond donors (Lipinski definition) is 0. The summed E-state index contributed by atoms with van der Waals surface area (Å²) in [5.74, 6) is -0.610. The van der Waals surface area contributed by atoms with Gasteiger partial charge in [0.15, 0.2) is 0 Å². The second-order valence-electron chi connectivity index (χ2n) is 8.63. The lowest BCUT2D eigenvalue weighted by atomic mass is 9.71. The van der Waals surface area contributed by atoms with Crippen LogP contribution in [-0.4, -0.2) is 11.9 Å². The van der Waals surface area contributed by atoms with Crippen molar-refractivity contribution in [3.05, 3.63) is 0 Å². The van der Waals surface area contributed by atoms with Gasteiger partial charge in [-0.15, -0.1) is 0 Å². The van der Waals surface area contributed by atoms with Gasteiger partial charge in [0, 0.05) is 0 Å². The molecule has 2 fully saturated rings. The van der Waals surface area contributed by atoms with Crippen molar-refractivity contribution in [2.24, 2.45) is 10.8 Å². The van der Waals surface area contributed by atoms with Crippen molar-refractivity contribution in [1.82, 2.24) is 0 Å². The van der Waals surface area contributed by atoms with Crippen LogP contribution < -0.4 is 0 Å². The maximum atomic E-state index is 12.8. The summed E-state index contributed by atoms with van der Waals surface area (Å²) in [5.41, 5.74) is -0.866. The van der Waals surface area contributed by atoms with E-state index in [2.05, 4.69) is 13.8 Å². The van der Waals surface area contributed by atoms with Crippen molar-refractivity contribution in [3.63, 3.8) is 0 Å². The number of unbranched alkanes of at least 4 members (excludes halogenated alkanes) is 2. The Kier molecular flexibility index (Phi) is 8.43. The summed E-state index contributed by atoms with van der Waals surface area (Å²) in [7, 11) is 0. The molecule has 2 aliphatic rings. The van der Waals surface area contributed by atoms with Crippen LogP contribution in [0.25, 0.3) is 0 Å². The van der Waals surface area contributed by atoms with Crippen molar-refractivity contribution in [2.75, 3.05) is 0 Å². The third-order valence-corrected chi connectivity index (χ3v) is 6.70. The average Bonchev–Trinajstić information content (AvgIpc) is 2.70. The SMILES string of the molecule is CCCCC1(C(=O)OOC(=O)C2(CCCC)CCCCC2)CCCCC1. The standard InChI is InChI=1S/C22H38O4/c1-3-5-13-21(15-9-7-10-16-21)19(23)25-26-20(24)22(14-6-4-2)17-11-8-12-18-22/h3-18H2,1-2H3. The monoisotopic (exact) mass is 366 g/mol. The van der Waals surface area contributed by atoms with E-state index in [1.54, 1.807) is 0 Å². The average molecular weight is 367 g/mol. The molecule has 0 aliphatic heterocycles. The van der Waals surface area contributed by atoms with Gasteiger partial charge in [0.05, 0.1) is 10.8 Å². The first-order valence-corrected chi connectivity index (χ1v) is 11.0. The molecule has 0 aromatic heterocycles. The summed E-state index contributed by atoms with van der Waals surface area (Å²) in [4.78, 5) is 36.1. The molecule has 0 spiro atoms. The van der Waals surface area contributed by atoms with E-state index < -0.39 is 10.8 Å². The fourth-order valence-electron chi connectivity index (χ4n) is 4.85. The molecule has 0 atom stereocenters. The summed E-state index contributed by atoms with van der Waals surface area (Å²) in [5, 5.41) is 0. The highest BCUT2D eigenvalue weighted by Gasteiger charge is 2.44. The molecule has 4 nitrogen and oxygen atoms in total. The molecule has 0 unspecified atom stereocenters. The van der Waals surface area contributed by atoms with E-state index in [1.807, 2.05) is 0 Å². The van der Waals surface area contributed by atoms with Crippen LogP contribution in [0.2, 0.25) is 0 Å². The van der Waals surface area contributed by atoms with Crippen LogP contribution >= 0.6 is 0 Å². The summed E-state index contributed by atoms with van der Waals surface area (Å²) in [6.45, 7) is 4.28. The van der Waals surface area contributed by atoms with Crippen LogP contribution in [-0.2, 0) is 19.4 Å². The van der Waals surface area contributed by atoms with E-state index in [0.717, 1.165) is 89.9 Å². The molecule has 0 saturated heterocycles. The van der Waals surface area contributed by atoms with E-state index >= 15 is 0 Å². The molecule has 2 aliphatic carbocycles. The highest BCUT2D eigenvalue weighted by molar-refractivity contribution is 5.80. The number of rotatable bonds is 8. The number of hydrogen-bond acceptors (Lipinski definition) is 4. The third-order valence-electron chi connectivity index (χ3n) is 6.70. The minimum Gasteiger partial charge on any atom is -0.247 e. The van der Waals surface area contributed by atoms with Gasteiger partial charge in [-0.3, -0.25) is 0 Å². The molecule has 0 radical (unpaired) electrons. The zero-order valence-corrected chi connectivity index (χ0v) is 16.9. The predicted octanol–water partition coefficient (Wildman–Crippen LogP) is 6.27. The van der Waals surface area contributed by atoms with E-state index in [4.69, 9.17) is 9.78 Å². The van der Waals surface area contributed by atoms with Crippen molar-refractivity contribution < 1.29 is 19.4 Å². The second kappa shape index (κ2) is 10.3. The quantitative estimate of drug-likeness (QED) is 0.375. The van der Waals surface area contributed by atoms with Crippen molar-refractivity contribution >= 4 is 11.9 Å². The summed E-state index contributed by atoms with van der Waals surface area (Å²) in [6, 6.07) is 0. The maximum Gasteiger partial charge on any atom is 0.361 e. The zero-order chi connectivity index (χ0) is 18.9. The minimum atomic E-state index is -0.433. The maximum absolute atomic E-state index is 12.8. The molecule has 2 rings (SSSR count). The Morgan fingerprint density at radius 2 is 1.00 bits per heavy atom. The smallest absolute Gasteiger partial charge is 0.247 e. The van der Waals surface area contributed by atoms with Gasteiger partial charge in [-0.25, -0.2) is 19.4 Å². The van der Waals surface area contributed by atoms with E-state index in [0.29, 0.717) is 0 Å². The van der Waals surface area contributed by atoms with Crippen molar-refractivity contribution in [1.29, 1.82) is 0 Å². The molecule has 0 bridgehead atoms. The molecule has 0 aromatic carbocycles. The Morgan fingerprint density at radius 1 is 0.654 bits per heavy atom. The largest absolute Gasteiger partial charge is 0.361 e. The molecule has 0 amide bonds. The van der Waals surface area contributed by atoms with Crippen LogP contribution in [0, 0.1) is 10.8 Å². The lowest BCUT2D eigenvalue weighted by Crippen LogP contribution is -2.39. The van der Waals surface area contributed by atoms with Gasteiger partial charge in [-0.2, -0.15) is 0 Å². The first-order valence-electron chi connectivity index (χ1n) is 11.0. The first kappa shape index (κ1) is 21.2. The van der Waals surface area contributed by atoms with E-state index in [-0.39, 0.29) is 11.9 Å². The Labute approximate surface area is 159 Å². The number of carbonyl (C=O) groups excluding carboxylic acids is 2. The zero-order valence-electron chi connectivity index (χ0n) is 16.9. The van der Waals surface area contributed by atoms with Crippen LogP contribution in [0.1, 0.15) is 117 Å². The lowest BCUT2D eigenvalue weighted by molar-refractivity contribution is -0.276. The number of carbonyl (C=O) groups is 2. The Balaban J connectivity index is 1.97. The molecule has 4 heteroatoms. The van der Waals surface area contributed by atoms with E-state index in [1.165, 1.54) is 12.8 Å². The van der Waals surface area contributed by atoms with Gasteiger partial charge in [0.25, 0.3) is 0 Å². The molecule has 0 aromatic rings. The van der Waals surface area contributed by atoms with Gasteiger partial charge in [-0.1, -0.05) is 78.1 Å². The van der Waals surface area contributed by atoms with Gasteiger partial charge in [-0.05, 0) is 38.5 Å². The Bertz CT molecular complexity index is 403. The summed E-state index contributed by atoms with van der Waals surface area (Å²) < 4.78 is 0. The van der Waals surface area contributed by atoms with Gasteiger partial charge in [0.2, 0.25) is 0 Å². The van der Waals surface area contributed by atoms with Crippen LogP contribution in [0.3, 0.4) is 0 Å². The molecule has 0 heterocycles. The molecular formula is C22H38O4. The van der Waals surface area contributed by atoms with Crippen molar-refractivity contribution in [2.45, 2.75) is 117 Å². The summed E-state index contributed by atoms with van der Waals surface area (Å²) >= 11 is 0. The van der Waals surface area contributed by atoms with E-state index in [9.17, 15) is 9.59 Å². The van der Waals surface area contributed by atoms with Gasteiger partial charge >= 0.3 is 11.9 Å². The van der Waals surface area contributed by atoms with Crippen LogP contribution in [0.5, 0.6) is 0 Å². The molecule has 2 saturated carbocycles.